The van der Waals surface area contributed by atoms with Crippen LogP contribution in [0.3, 0.4) is 0 Å². The first kappa shape index (κ1) is 23.9. The Hall–Kier alpha value is -4.96. The van der Waals surface area contributed by atoms with Crippen LogP contribution in [0.1, 0.15) is 54.5 Å². The van der Waals surface area contributed by atoms with Gasteiger partial charge >= 0.3 is 11.9 Å². The smallest absolute Gasteiger partial charge is 0.338 e. The predicted molar refractivity (Wildman–Crippen MR) is 155 cm³/mol. The van der Waals surface area contributed by atoms with E-state index in [1.165, 1.54) is 11.1 Å². The number of benzene rings is 5. The van der Waals surface area contributed by atoms with Gasteiger partial charge in [-0.05, 0) is 52.1 Å². The molecule has 5 aromatic rings. The number of carbonyl (C=O) groups is 2. The van der Waals surface area contributed by atoms with Crippen molar-refractivity contribution in [1.29, 1.82) is 0 Å². The molecular formula is C37H26O4. The summed E-state index contributed by atoms with van der Waals surface area (Å²) < 4.78 is 13.1. The molecule has 5 aromatic carbocycles. The zero-order valence-corrected chi connectivity index (χ0v) is 22.1. The summed E-state index contributed by atoms with van der Waals surface area (Å²) in [6, 6.07) is 45.1. The van der Waals surface area contributed by atoms with E-state index in [0.717, 1.165) is 16.7 Å². The molecule has 3 aliphatic rings. The van der Waals surface area contributed by atoms with Gasteiger partial charge in [-0.3, -0.25) is 0 Å². The third-order valence-electron chi connectivity index (χ3n) is 9.36. The second-order valence-electron chi connectivity index (χ2n) is 11.0. The number of rotatable bonds is 5. The summed E-state index contributed by atoms with van der Waals surface area (Å²) in [6.07, 6.45) is -1.48. The highest BCUT2D eigenvalue weighted by molar-refractivity contribution is 5.92. The van der Waals surface area contributed by atoms with Gasteiger partial charge in [-0.2, -0.15) is 0 Å². The van der Waals surface area contributed by atoms with E-state index < -0.39 is 35.0 Å². The second-order valence-corrected chi connectivity index (χ2v) is 11.0. The summed E-state index contributed by atoms with van der Waals surface area (Å²) in [5.41, 5.74) is 5.36. The third-order valence-corrected chi connectivity index (χ3v) is 9.36. The van der Waals surface area contributed by atoms with Crippen molar-refractivity contribution in [3.8, 4) is 0 Å². The molecule has 0 amide bonds. The van der Waals surface area contributed by atoms with Crippen molar-refractivity contribution in [3.05, 3.63) is 178 Å². The first-order valence-electron chi connectivity index (χ1n) is 14.0. The Bertz CT molecular complexity index is 1800. The molecule has 4 nitrogen and oxygen atoms in total. The molecule has 1 spiro atoms. The van der Waals surface area contributed by atoms with Gasteiger partial charge in [0.05, 0.1) is 16.5 Å². The van der Waals surface area contributed by atoms with Gasteiger partial charge in [0, 0.05) is 11.3 Å². The van der Waals surface area contributed by atoms with Crippen LogP contribution in [0.5, 0.6) is 0 Å². The van der Waals surface area contributed by atoms with Crippen molar-refractivity contribution in [2.75, 3.05) is 0 Å². The lowest BCUT2D eigenvalue weighted by Crippen LogP contribution is -2.66. The molecule has 1 saturated carbocycles. The van der Waals surface area contributed by atoms with Crippen LogP contribution in [0.2, 0.25) is 0 Å². The fraction of sp³-hybridized carbons (Fsp3) is 0.135. The van der Waals surface area contributed by atoms with Crippen molar-refractivity contribution >= 4 is 11.9 Å². The van der Waals surface area contributed by atoms with Crippen molar-refractivity contribution in [2.45, 2.75) is 29.0 Å². The van der Waals surface area contributed by atoms with Crippen LogP contribution in [0.15, 0.2) is 140 Å². The molecule has 198 valence electrons. The molecule has 0 N–H and O–H groups in total. The molecule has 4 heteroatoms. The summed E-state index contributed by atoms with van der Waals surface area (Å²) in [5.74, 6) is -1.05. The Balaban J connectivity index is 1.38. The summed E-state index contributed by atoms with van der Waals surface area (Å²) in [6.45, 7) is 0. The van der Waals surface area contributed by atoms with Crippen LogP contribution >= 0.6 is 0 Å². The van der Waals surface area contributed by atoms with Crippen LogP contribution in [-0.2, 0) is 20.3 Å². The Kier molecular flexibility index (Phi) is 5.11. The van der Waals surface area contributed by atoms with E-state index in [1.54, 1.807) is 24.3 Å². The molecule has 0 aromatic heterocycles. The molecule has 4 unspecified atom stereocenters. The Morgan fingerprint density at radius 3 is 1.56 bits per heavy atom. The van der Waals surface area contributed by atoms with Crippen LogP contribution in [0.25, 0.3) is 0 Å². The van der Waals surface area contributed by atoms with Gasteiger partial charge in [-0.25, -0.2) is 9.59 Å². The average molecular weight is 535 g/mol. The molecule has 0 heterocycles. The fourth-order valence-corrected chi connectivity index (χ4v) is 8.03. The minimum Gasteiger partial charge on any atom is -0.454 e. The predicted octanol–water partition coefficient (Wildman–Crippen LogP) is 6.83. The van der Waals surface area contributed by atoms with Crippen LogP contribution in [-0.4, -0.2) is 24.1 Å². The average Bonchev–Trinajstić information content (AvgIpc) is 3.19. The highest BCUT2D eigenvalue weighted by Gasteiger charge is 2.84. The topological polar surface area (TPSA) is 52.6 Å². The van der Waals surface area contributed by atoms with Gasteiger partial charge in [-0.15, -0.1) is 0 Å². The molecule has 3 aliphatic carbocycles. The largest absolute Gasteiger partial charge is 0.454 e. The fourth-order valence-electron chi connectivity index (χ4n) is 8.03. The second kappa shape index (κ2) is 8.77. The van der Waals surface area contributed by atoms with Gasteiger partial charge in [0.15, 0.2) is 6.10 Å². The summed E-state index contributed by atoms with van der Waals surface area (Å²) in [4.78, 5) is 27.5. The number of fused-ring (bicyclic) bond motifs is 4. The molecule has 0 radical (unpaired) electrons. The third kappa shape index (κ3) is 2.94. The number of esters is 2. The van der Waals surface area contributed by atoms with E-state index >= 15 is 0 Å². The Morgan fingerprint density at radius 2 is 0.951 bits per heavy atom. The van der Waals surface area contributed by atoms with E-state index in [-0.39, 0.29) is 5.92 Å². The van der Waals surface area contributed by atoms with Gasteiger partial charge in [0.2, 0.25) is 0 Å². The van der Waals surface area contributed by atoms with Crippen molar-refractivity contribution < 1.29 is 19.1 Å². The maximum atomic E-state index is 13.8. The lowest BCUT2D eigenvalue weighted by Gasteiger charge is -2.65. The highest BCUT2D eigenvalue weighted by atomic mass is 16.6. The number of hydrogen-bond donors (Lipinski definition) is 0. The Labute approximate surface area is 238 Å². The Morgan fingerprint density at radius 1 is 0.488 bits per heavy atom. The SMILES string of the molecule is O=C(OC1C(OC(=O)c2ccccc2)C2(c3ccccc3)c3ccccc3[C@@]23c2ccccc2C13)c1ccccc1. The lowest BCUT2D eigenvalue weighted by atomic mass is 9.36. The number of carbonyl (C=O) groups excluding carboxylic acids is 2. The van der Waals surface area contributed by atoms with Gasteiger partial charge in [0.25, 0.3) is 0 Å². The summed E-state index contributed by atoms with van der Waals surface area (Å²) >= 11 is 0. The van der Waals surface area contributed by atoms with E-state index in [1.807, 2.05) is 66.7 Å². The minimum absolute atomic E-state index is 0.185. The van der Waals surface area contributed by atoms with Gasteiger partial charge in [-0.1, -0.05) is 115 Å². The normalized spacial score (nSPS) is 26.2. The lowest BCUT2D eigenvalue weighted by molar-refractivity contribution is -0.0406. The molecule has 1 fully saturated rings. The molecule has 0 bridgehead atoms. The van der Waals surface area contributed by atoms with Crippen LogP contribution < -0.4 is 0 Å². The number of hydrogen-bond acceptors (Lipinski definition) is 4. The quantitative estimate of drug-likeness (QED) is 0.232. The van der Waals surface area contributed by atoms with E-state index in [9.17, 15) is 9.59 Å². The van der Waals surface area contributed by atoms with Crippen molar-refractivity contribution in [2.24, 2.45) is 0 Å². The zero-order chi connectivity index (χ0) is 27.6. The van der Waals surface area contributed by atoms with E-state index in [2.05, 4.69) is 48.5 Å². The van der Waals surface area contributed by atoms with Gasteiger partial charge < -0.3 is 9.47 Å². The molecule has 0 saturated heterocycles. The molecular weight excluding hydrogens is 508 g/mol. The van der Waals surface area contributed by atoms with Crippen molar-refractivity contribution in [1.82, 2.24) is 0 Å². The van der Waals surface area contributed by atoms with E-state index in [0.29, 0.717) is 11.1 Å². The summed E-state index contributed by atoms with van der Waals surface area (Å²) in [7, 11) is 0. The highest BCUT2D eigenvalue weighted by Crippen LogP contribution is 2.80. The van der Waals surface area contributed by atoms with Crippen LogP contribution in [0.4, 0.5) is 0 Å². The zero-order valence-electron chi connectivity index (χ0n) is 22.1. The summed E-state index contributed by atoms with van der Waals surface area (Å²) in [5, 5.41) is 0. The first-order chi connectivity index (χ1) is 20.2. The molecule has 8 rings (SSSR count). The van der Waals surface area contributed by atoms with Gasteiger partial charge in [0.1, 0.15) is 6.10 Å². The van der Waals surface area contributed by atoms with Crippen molar-refractivity contribution in [3.63, 3.8) is 0 Å². The van der Waals surface area contributed by atoms with Crippen LogP contribution in [0, 0.1) is 0 Å². The molecule has 5 atom stereocenters. The van der Waals surface area contributed by atoms with E-state index in [4.69, 9.17) is 9.47 Å². The number of ether oxygens (including phenoxy) is 2. The standard InChI is InChI=1S/C37H26O4/c38-34(24-14-4-1-5-15-24)40-32-31-27-20-10-11-21-28(27)37(31)30-23-13-12-22-29(30)36(37,26-18-8-3-9-19-26)33(32)41-35(39)25-16-6-2-7-17-25/h1-23,31-33H/t31?,32?,33?,36?,37-/m1/s1. The molecule has 0 aliphatic heterocycles. The first-order valence-corrected chi connectivity index (χ1v) is 14.0. The maximum absolute atomic E-state index is 13.8. The maximum Gasteiger partial charge on any atom is 0.338 e. The monoisotopic (exact) mass is 534 g/mol. The minimum atomic E-state index is -0.766. The molecule has 41 heavy (non-hydrogen) atoms.